The fraction of sp³-hybridized carbons (Fsp3) is 0.409. The maximum Gasteiger partial charge on any atom is 0.407 e. The number of benzene rings is 2. The van der Waals surface area contributed by atoms with E-state index in [1.54, 1.807) is 14.2 Å². The Bertz CT molecular complexity index is 802. The van der Waals surface area contributed by atoms with Gasteiger partial charge in [0.25, 0.3) is 0 Å². The van der Waals surface area contributed by atoms with Crippen molar-refractivity contribution in [3.8, 4) is 16.9 Å². The van der Waals surface area contributed by atoms with E-state index < -0.39 is 6.09 Å². The first-order valence-corrected chi connectivity index (χ1v) is 9.97. The van der Waals surface area contributed by atoms with Crippen LogP contribution in [0, 0.1) is 0 Å². The van der Waals surface area contributed by atoms with Crippen molar-refractivity contribution in [2.24, 2.45) is 0 Å². The molecule has 0 spiro atoms. The standard InChI is InChI=1S/C22H27ClN2O3/c1-25(22(26)27)20-10-8-19(9-11-20)24-14-17-13-16(5-12-21(17)28-2)15-3-6-18(23)7-4-15/h3-7,12-13,19-20,24H,8-11,14H2,1-2H3,(H,26,27). The Balaban J connectivity index is 1.63. The highest BCUT2D eigenvalue weighted by Gasteiger charge is 2.26. The third kappa shape index (κ3) is 4.97. The number of carboxylic acid groups (broad SMARTS) is 1. The monoisotopic (exact) mass is 402 g/mol. The molecule has 2 aromatic carbocycles. The molecule has 0 aromatic heterocycles. The van der Waals surface area contributed by atoms with Crippen LogP contribution in [0.15, 0.2) is 42.5 Å². The zero-order valence-corrected chi connectivity index (χ0v) is 17.1. The van der Waals surface area contributed by atoms with Crippen LogP contribution in [0.4, 0.5) is 4.79 Å². The van der Waals surface area contributed by atoms with E-state index in [0.29, 0.717) is 12.6 Å². The topological polar surface area (TPSA) is 61.8 Å². The minimum Gasteiger partial charge on any atom is -0.496 e. The number of nitrogens with one attached hydrogen (secondary N) is 1. The number of halogens is 1. The van der Waals surface area contributed by atoms with Crippen molar-refractivity contribution < 1.29 is 14.6 Å². The largest absolute Gasteiger partial charge is 0.496 e. The van der Waals surface area contributed by atoms with Crippen LogP contribution in [0.1, 0.15) is 31.2 Å². The van der Waals surface area contributed by atoms with E-state index in [9.17, 15) is 4.79 Å². The molecule has 1 saturated carbocycles. The first kappa shape index (κ1) is 20.5. The molecular formula is C22H27ClN2O3. The van der Waals surface area contributed by atoms with Crippen LogP contribution in [-0.2, 0) is 6.54 Å². The van der Waals surface area contributed by atoms with Crippen molar-refractivity contribution in [2.45, 2.75) is 44.3 Å². The number of nitrogens with zero attached hydrogens (tertiary/aromatic N) is 1. The second-order valence-electron chi connectivity index (χ2n) is 7.31. The molecule has 5 nitrogen and oxygen atoms in total. The average Bonchev–Trinajstić information content (AvgIpc) is 2.72. The van der Waals surface area contributed by atoms with Crippen LogP contribution < -0.4 is 10.1 Å². The molecule has 2 N–H and O–H groups in total. The first-order valence-electron chi connectivity index (χ1n) is 9.60. The Labute approximate surface area is 171 Å². The van der Waals surface area contributed by atoms with Crippen molar-refractivity contribution in [3.63, 3.8) is 0 Å². The third-order valence-corrected chi connectivity index (χ3v) is 5.84. The van der Waals surface area contributed by atoms with Gasteiger partial charge in [0.2, 0.25) is 0 Å². The van der Waals surface area contributed by atoms with E-state index >= 15 is 0 Å². The summed E-state index contributed by atoms with van der Waals surface area (Å²) in [5, 5.41) is 13.5. The molecule has 3 rings (SSSR count). The van der Waals surface area contributed by atoms with Crippen molar-refractivity contribution in [1.82, 2.24) is 10.2 Å². The van der Waals surface area contributed by atoms with Gasteiger partial charge in [0.15, 0.2) is 0 Å². The Hall–Kier alpha value is -2.24. The summed E-state index contributed by atoms with van der Waals surface area (Å²) in [6.45, 7) is 0.717. The second-order valence-corrected chi connectivity index (χ2v) is 7.75. The number of methoxy groups -OCH3 is 1. The molecule has 0 aliphatic heterocycles. The molecular weight excluding hydrogens is 376 g/mol. The third-order valence-electron chi connectivity index (χ3n) is 5.59. The number of ether oxygens (including phenoxy) is 1. The smallest absolute Gasteiger partial charge is 0.407 e. The maximum atomic E-state index is 11.1. The SMILES string of the molecule is COc1ccc(-c2ccc(Cl)cc2)cc1CNC1CCC(N(C)C(=O)O)CC1. The van der Waals surface area contributed by atoms with Crippen LogP contribution in [0.25, 0.3) is 11.1 Å². The molecule has 0 unspecified atom stereocenters. The molecule has 0 radical (unpaired) electrons. The zero-order valence-electron chi connectivity index (χ0n) is 16.3. The van der Waals surface area contributed by atoms with E-state index in [0.717, 1.165) is 53.1 Å². The Morgan fingerprint density at radius 2 is 1.79 bits per heavy atom. The molecule has 1 fully saturated rings. The van der Waals surface area contributed by atoms with Gasteiger partial charge in [-0.3, -0.25) is 0 Å². The normalized spacial score (nSPS) is 19.2. The molecule has 1 aliphatic carbocycles. The molecule has 2 aromatic rings. The average molecular weight is 403 g/mol. The molecule has 1 aliphatic rings. The van der Waals surface area contributed by atoms with E-state index in [-0.39, 0.29) is 6.04 Å². The summed E-state index contributed by atoms with van der Waals surface area (Å²) in [4.78, 5) is 12.6. The predicted molar refractivity (Wildman–Crippen MR) is 112 cm³/mol. The summed E-state index contributed by atoms with van der Waals surface area (Å²) >= 11 is 6.00. The molecule has 28 heavy (non-hydrogen) atoms. The van der Waals surface area contributed by atoms with E-state index in [2.05, 4.69) is 17.4 Å². The van der Waals surface area contributed by atoms with Crippen molar-refractivity contribution >= 4 is 17.7 Å². The first-order chi connectivity index (χ1) is 13.5. The van der Waals surface area contributed by atoms with Gasteiger partial charge in [0.05, 0.1) is 7.11 Å². The molecule has 1 amide bonds. The molecule has 150 valence electrons. The van der Waals surface area contributed by atoms with Crippen LogP contribution in [0.2, 0.25) is 5.02 Å². The van der Waals surface area contributed by atoms with Crippen molar-refractivity contribution in [3.05, 3.63) is 53.1 Å². The van der Waals surface area contributed by atoms with Crippen molar-refractivity contribution in [2.75, 3.05) is 14.2 Å². The minimum atomic E-state index is -0.847. The fourth-order valence-corrected chi connectivity index (χ4v) is 3.94. The minimum absolute atomic E-state index is 0.123. The Morgan fingerprint density at radius 1 is 1.14 bits per heavy atom. The van der Waals surface area contributed by atoms with E-state index in [1.165, 1.54) is 4.90 Å². The van der Waals surface area contributed by atoms with Gasteiger partial charge in [0, 0.05) is 36.3 Å². The highest BCUT2D eigenvalue weighted by atomic mass is 35.5. The summed E-state index contributed by atoms with van der Waals surface area (Å²) in [5.74, 6) is 0.865. The van der Waals surface area contributed by atoms with Crippen LogP contribution >= 0.6 is 11.6 Å². The van der Waals surface area contributed by atoms with Crippen LogP contribution in [-0.4, -0.2) is 42.3 Å². The molecule has 6 heteroatoms. The van der Waals surface area contributed by atoms with Gasteiger partial charge in [-0.15, -0.1) is 0 Å². The number of hydrogen-bond donors (Lipinski definition) is 2. The number of carbonyl (C=O) groups is 1. The van der Waals surface area contributed by atoms with Gasteiger partial charge >= 0.3 is 6.09 Å². The lowest BCUT2D eigenvalue weighted by molar-refractivity contribution is 0.122. The second kappa shape index (κ2) is 9.30. The Morgan fingerprint density at radius 3 is 2.39 bits per heavy atom. The van der Waals surface area contributed by atoms with Gasteiger partial charge in [0.1, 0.15) is 5.75 Å². The maximum absolute atomic E-state index is 11.1. The van der Waals surface area contributed by atoms with Crippen LogP contribution in [0.5, 0.6) is 5.75 Å². The lowest BCUT2D eigenvalue weighted by Crippen LogP contribution is -2.42. The van der Waals surface area contributed by atoms with Crippen molar-refractivity contribution in [1.29, 1.82) is 0 Å². The highest BCUT2D eigenvalue weighted by molar-refractivity contribution is 6.30. The zero-order chi connectivity index (χ0) is 20.1. The van der Waals surface area contributed by atoms with Gasteiger partial charge in [-0.05, 0) is 61.1 Å². The lowest BCUT2D eigenvalue weighted by atomic mass is 9.90. The molecule has 0 bridgehead atoms. The summed E-state index contributed by atoms with van der Waals surface area (Å²) in [5.41, 5.74) is 3.35. The fourth-order valence-electron chi connectivity index (χ4n) is 3.82. The summed E-state index contributed by atoms with van der Waals surface area (Å²) < 4.78 is 5.54. The van der Waals surface area contributed by atoms with E-state index in [1.807, 2.05) is 30.3 Å². The van der Waals surface area contributed by atoms with Gasteiger partial charge in [-0.2, -0.15) is 0 Å². The number of rotatable bonds is 6. The van der Waals surface area contributed by atoms with Gasteiger partial charge in [-0.1, -0.05) is 29.8 Å². The lowest BCUT2D eigenvalue weighted by Gasteiger charge is -2.33. The van der Waals surface area contributed by atoms with Gasteiger partial charge in [-0.25, -0.2) is 4.79 Å². The molecule has 0 heterocycles. The van der Waals surface area contributed by atoms with E-state index in [4.69, 9.17) is 21.4 Å². The van der Waals surface area contributed by atoms with Gasteiger partial charge < -0.3 is 20.1 Å². The quantitative estimate of drug-likeness (QED) is 0.711. The molecule has 0 atom stereocenters. The number of hydrogen-bond acceptors (Lipinski definition) is 3. The predicted octanol–water partition coefficient (Wildman–Crippen LogP) is 5.03. The highest BCUT2D eigenvalue weighted by Crippen LogP contribution is 2.28. The summed E-state index contributed by atoms with van der Waals surface area (Å²) in [6, 6.07) is 14.5. The Kier molecular flexibility index (Phi) is 6.81. The summed E-state index contributed by atoms with van der Waals surface area (Å²) in [6.07, 6.45) is 2.88. The number of amides is 1. The summed E-state index contributed by atoms with van der Waals surface area (Å²) in [7, 11) is 3.35. The molecule has 0 saturated heterocycles. The van der Waals surface area contributed by atoms with Crippen LogP contribution in [0.3, 0.4) is 0 Å².